The van der Waals surface area contributed by atoms with Gasteiger partial charge < -0.3 is 10.2 Å². The highest BCUT2D eigenvalue weighted by Crippen LogP contribution is 2.20. The van der Waals surface area contributed by atoms with Crippen LogP contribution in [0, 0.1) is 5.92 Å². The normalized spacial score (nSPS) is 18.0. The molecule has 3 rings (SSSR count). The second-order valence-electron chi connectivity index (χ2n) is 5.54. The van der Waals surface area contributed by atoms with Gasteiger partial charge in [-0.05, 0) is 24.5 Å². The zero-order valence-electron chi connectivity index (χ0n) is 12.5. The van der Waals surface area contributed by atoms with Gasteiger partial charge in [0.15, 0.2) is 0 Å². The van der Waals surface area contributed by atoms with Crippen molar-refractivity contribution in [3.8, 4) is 0 Å². The van der Waals surface area contributed by atoms with Gasteiger partial charge >= 0.3 is 0 Å². The van der Waals surface area contributed by atoms with E-state index in [0.29, 0.717) is 19.0 Å². The van der Waals surface area contributed by atoms with Gasteiger partial charge in [0.25, 0.3) is 0 Å². The first-order chi connectivity index (χ1) is 10.8. The second-order valence-corrected chi connectivity index (χ2v) is 5.54. The van der Waals surface area contributed by atoms with Gasteiger partial charge in [-0.25, -0.2) is 9.97 Å². The third-order valence-electron chi connectivity index (χ3n) is 3.94. The zero-order valence-corrected chi connectivity index (χ0v) is 12.5. The molecule has 0 radical (unpaired) electrons. The van der Waals surface area contributed by atoms with Crippen LogP contribution < -0.4 is 10.2 Å². The van der Waals surface area contributed by atoms with Gasteiger partial charge in [-0.15, -0.1) is 0 Å². The standard InChI is InChI=1S/C17H20N4O/c22-16(20-12-14-6-2-1-3-7-14)15-8-4-11-21(13-15)17-18-9-5-10-19-17/h1-3,5-7,9-10,15H,4,8,11-13H2,(H,20,22)/t15-/m0/s1. The van der Waals surface area contributed by atoms with E-state index in [9.17, 15) is 4.79 Å². The molecule has 0 spiro atoms. The molecule has 5 heteroatoms. The van der Waals surface area contributed by atoms with Crippen LogP contribution in [0.2, 0.25) is 0 Å². The van der Waals surface area contributed by atoms with Crippen molar-refractivity contribution in [2.45, 2.75) is 19.4 Å². The molecule has 1 atom stereocenters. The highest BCUT2D eigenvalue weighted by molar-refractivity contribution is 5.79. The number of anilines is 1. The summed E-state index contributed by atoms with van der Waals surface area (Å²) in [5.41, 5.74) is 1.12. The molecule has 22 heavy (non-hydrogen) atoms. The van der Waals surface area contributed by atoms with Crippen LogP contribution in [0.25, 0.3) is 0 Å². The van der Waals surface area contributed by atoms with Gasteiger partial charge in [0.1, 0.15) is 0 Å². The lowest BCUT2D eigenvalue weighted by Crippen LogP contribution is -2.43. The summed E-state index contributed by atoms with van der Waals surface area (Å²) in [6, 6.07) is 11.8. The second kappa shape index (κ2) is 7.02. The molecule has 2 heterocycles. The van der Waals surface area contributed by atoms with Gasteiger partial charge in [0, 0.05) is 32.0 Å². The number of benzene rings is 1. The molecule has 1 aromatic carbocycles. The Morgan fingerprint density at radius 2 is 1.95 bits per heavy atom. The molecule has 0 unspecified atom stereocenters. The van der Waals surface area contributed by atoms with Gasteiger partial charge in [-0.2, -0.15) is 0 Å². The maximum atomic E-state index is 12.4. The highest BCUT2D eigenvalue weighted by atomic mass is 16.1. The van der Waals surface area contributed by atoms with Crippen molar-refractivity contribution in [3.05, 3.63) is 54.4 Å². The molecule has 1 aromatic heterocycles. The summed E-state index contributed by atoms with van der Waals surface area (Å²) in [5, 5.41) is 3.03. The highest BCUT2D eigenvalue weighted by Gasteiger charge is 2.26. The molecule has 0 aliphatic carbocycles. The number of amides is 1. The Morgan fingerprint density at radius 1 is 1.18 bits per heavy atom. The van der Waals surface area contributed by atoms with Crippen LogP contribution in [-0.4, -0.2) is 29.0 Å². The number of rotatable bonds is 4. The van der Waals surface area contributed by atoms with E-state index in [0.717, 1.165) is 24.9 Å². The molecule has 0 saturated carbocycles. The van der Waals surface area contributed by atoms with E-state index in [1.165, 1.54) is 0 Å². The monoisotopic (exact) mass is 296 g/mol. The summed E-state index contributed by atoms with van der Waals surface area (Å²) in [5.74, 6) is 0.828. The van der Waals surface area contributed by atoms with E-state index in [1.54, 1.807) is 18.5 Å². The van der Waals surface area contributed by atoms with E-state index in [4.69, 9.17) is 0 Å². The number of carbonyl (C=O) groups is 1. The Bertz CT molecular complexity index is 603. The van der Waals surface area contributed by atoms with Gasteiger partial charge in [-0.3, -0.25) is 4.79 Å². The molecule has 1 saturated heterocycles. The average molecular weight is 296 g/mol. The Kier molecular flexibility index (Phi) is 4.63. The molecule has 114 valence electrons. The molecular formula is C17H20N4O. The first kappa shape index (κ1) is 14.5. The van der Waals surface area contributed by atoms with Gasteiger partial charge in [-0.1, -0.05) is 30.3 Å². The number of hydrogen-bond donors (Lipinski definition) is 1. The van der Waals surface area contributed by atoms with Crippen molar-refractivity contribution in [2.24, 2.45) is 5.92 Å². The van der Waals surface area contributed by atoms with E-state index in [-0.39, 0.29) is 11.8 Å². The molecule has 5 nitrogen and oxygen atoms in total. The number of carbonyl (C=O) groups excluding carboxylic acids is 1. The summed E-state index contributed by atoms with van der Waals surface area (Å²) in [4.78, 5) is 23.0. The molecule has 0 bridgehead atoms. The third kappa shape index (κ3) is 3.61. The Hall–Kier alpha value is -2.43. The Morgan fingerprint density at radius 3 is 2.73 bits per heavy atom. The van der Waals surface area contributed by atoms with Crippen LogP contribution in [0.15, 0.2) is 48.8 Å². The molecule has 1 fully saturated rings. The van der Waals surface area contributed by atoms with Crippen LogP contribution in [0.1, 0.15) is 18.4 Å². The first-order valence-electron chi connectivity index (χ1n) is 7.66. The van der Waals surface area contributed by atoms with Crippen molar-refractivity contribution < 1.29 is 4.79 Å². The van der Waals surface area contributed by atoms with Crippen LogP contribution in [0.4, 0.5) is 5.95 Å². The Balaban J connectivity index is 1.56. The minimum atomic E-state index is 0.00117. The molecule has 1 aliphatic rings. The fourth-order valence-corrected chi connectivity index (χ4v) is 2.76. The van der Waals surface area contributed by atoms with E-state index in [2.05, 4.69) is 20.2 Å². The largest absolute Gasteiger partial charge is 0.352 e. The smallest absolute Gasteiger partial charge is 0.225 e. The van der Waals surface area contributed by atoms with Crippen molar-refractivity contribution in [1.82, 2.24) is 15.3 Å². The van der Waals surface area contributed by atoms with Crippen molar-refractivity contribution >= 4 is 11.9 Å². The summed E-state index contributed by atoms with van der Waals surface area (Å²) in [6.45, 7) is 2.18. The fourth-order valence-electron chi connectivity index (χ4n) is 2.76. The van der Waals surface area contributed by atoms with Crippen LogP contribution >= 0.6 is 0 Å². The number of piperidine rings is 1. The summed E-state index contributed by atoms with van der Waals surface area (Å²) >= 11 is 0. The number of nitrogens with one attached hydrogen (secondary N) is 1. The lowest BCUT2D eigenvalue weighted by Gasteiger charge is -2.31. The van der Waals surface area contributed by atoms with Crippen LogP contribution in [0.3, 0.4) is 0 Å². The number of aromatic nitrogens is 2. The van der Waals surface area contributed by atoms with Crippen LogP contribution in [-0.2, 0) is 11.3 Å². The van der Waals surface area contributed by atoms with Crippen molar-refractivity contribution in [2.75, 3.05) is 18.0 Å². The SMILES string of the molecule is O=C(NCc1ccccc1)[C@H]1CCCN(c2ncccn2)C1. The zero-order chi connectivity index (χ0) is 15.2. The Labute approximate surface area is 130 Å². The quantitative estimate of drug-likeness (QED) is 0.937. The topological polar surface area (TPSA) is 58.1 Å². The number of hydrogen-bond acceptors (Lipinski definition) is 4. The van der Waals surface area contributed by atoms with E-state index in [1.807, 2.05) is 30.3 Å². The van der Waals surface area contributed by atoms with Gasteiger partial charge in [0.2, 0.25) is 11.9 Å². The van der Waals surface area contributed by atoms with Crippen molar-refractivity contribution in [1.29, 1.82) is 0 Å². The summed E-state index contributed by atoms with van der Waals surface area (Å²) in [6.07, 6.45) is 5.38. The fraction of sp³-hybridized carbons (Fsp3) is 0.353. The van der Waals surface area contributed by atoms with Gasteiger partial charge in [0.05, 0.1) is 5.92 Å². The predicted octanol–water partition coefficient (Wildman–Crippen LogP) is 2.01. The summed E-state index contributed by atoms with van der Waals surface area (Å²) < 4.78 is 0. The minimum Gasteiger partial charge on any atom is -0.352 e. The number of nitrogens with zero attached hydrogens (tertiary/aromatic N) is 3. The summed E-state index contributed by atoms with van der Waals surface area (Å²) in [7, 11) is 0. The first-order valence-corrected chi connectivity index (χ1v) is 7.66. The maximum absolute atomic E-state index is 12.4. The molecule has 2 aromatic rings. The minimum absolute atomic E-state index is 0.00117. The van der Waals surface area contributed by atoms with E-state index >= 15 is 0 Å². The molecular weight excluding hydrogens is 276 g/mol. The lowest BCUT2D eigenvalue weighted by atomic mass is 9.97. The van der Waals surface area contributed by atoms with Crippen LogP contribution in [0.5, 0.6) is 0 Å². The molecule has 1 N–H and O–H groups in total. The van der Waals surface area contributed by atoms with E-state index < -0.39 is 0 Å². The average Bonchev–Trinajstić information content (AvgIpc) is 2.61. The lowest BCUT2D eigenvalue weighted by molar-refractivity contribution is -0.125. The molecule has 1 amide bonds. The third-order valence-corrected chi connectivity index (χ3v) is 3.94. The van der Waals surface area contributed by atoms with Crippen molar-refractivity contribution in [3.63, 3.8) is 0 Å². The maximum Gasteiger partial charge on any atom is 0.225 e. The predicted molar refractivity (Wildman–Crippen MR) is 85.3 cm³/mol. The molecule has 1 aliphatic heterocycles.